The molecular formula is C16H25BN4O3. The topological polar surface area (TPSA) is 98.5 Å². The van der Waals surface area contributed by atoms with Crippen LogP contribution in [0.15, 0.2) is 23.8 Å². The fraction of sp³-hybridized carbons (Fsp3) is 0.500. The first-order chi connectivity index (χ1) is 11.1. The highest BCUT2D eigenvalue weighted by Crippen LogP contribution is 2.38. The molecule has 1 fully saturated rings. The van der Waals surface area contributed by atoms with E-state index >= 15 is 0 Å². The summed E-state index contributed by atoms with van der Waals surface area (Å²) in [6, 6.07) is 3.65. The van der Waals surface area contributed by atoms with Gasteiger partial charge in [-0.2, -0.15) is 0 Å². The molecule has 0 radical (unpaired) electrons. The zero-order valence-electron chi connectivity index (χ0n) is 14.8. The molecule has 7 nitrogen and oxygen atoms in total. The standard InChI is InChI=1S/C16H25BN4O3/c1-11(22)19-10-13(8-12-6-7-14(21-18)20-9-12)17-23-15(2,3)16(4,5)24-17/h6-9H,10,18H2,1-5H3,(H,19,22)(H,20,21). The first-order valence-electron chi connectivity index (χ1n) is 7.88. The van der Waals surface area contributed by atoms with Crippen molar-refractivity contribution in [1.29, 1.82) is 0 Å². The Hall–Kier alpha value is -1.90. The fourth-order valence-corrected chi connectivity index (χ4v) is 2.21. The number of carbonyl (C=O) groups is 1. The molecule has 0 bridgehead atoms. The van der Waals surface area contributed by atoms with Crippen LogP contribution in [0.25, 0.3) is 6.08 Å². The summed E-state index contributed by atoms with van der Waals surface area (Å²) in [7, 11) is -0.533. The van der Waals surface area contributed by atoms with E-state index in [-0.39, 0.29) is 5.91 Å². The van der Waals surface area contributed by atoms with E-state index in [0.717, 1.165) is 11.0 Å². The second kappa shape index (κ2) is 6.92. The molecule has 0 spiro atoms. The van der Waals surface area contributed by atoms with E-state index in [1.807, 2.05) is 39.8 Å². The number of nitrogen functional groups attached to an aromatic ring is 1. The number of hydrazine groups is 1. The molecule has 2 rings (SSSR count). The van der Waals surface area contributed by atoms with Crippen molar-refractivity contribution < 1.29 is 14.1 Å². The summed E-state index contributed by atoms with van der Waals surface area (Å²) >= 11 is 0. The van der Waals surface area contributed by atoms with E-state index in [9.17, 15) is 4.79 Å². The number of anilines is 1. The highest BCUT2D eigenvalue weighted by atomic mass is 16.7. The molecule has 8 heteroatoms. The number of hydrogen-bond acceptors (Lipinski definition) is 6. The SMILES string of the molecule is CC(=O)NCC(=Cc1ccc(NN)nc1)B1OC(C)(C)C(C)(C)O1. The van der Waals surface area contributed by atoms with Gasteiger partial charge in [-0.1, -0.05) is 6.08 Å². The van der Waals surface area contributed by atoms with Crippen molar-refractivity contribution in [2.45, 2.75) is 45.8 Å². The van der Waals surface area contributed by atoms with E-state index in [2.05, 4.69) is 15.7 Å². The summed E-state index contributed by atoms with van der Waals surface area (Å²) < 4.78 is 12.2. The van der Waals surface area contributed by atoms with Crippen molar-refractivity contribution in [3.05, 3.63) is 29.4 Å². The number of nitrogens with two attached hydrogens (primary N) is 1. The van der Waals surface area contributed by atoms with Crippen molar-refractivity contribution in [3.8, 4) is 0 Å². The molecule has 0 aliphatic carbocycles. The third-order valence-electron chi connectivity index (χ3n) is 4.38. The monoisotopic (exact) mass is 332 g/mol. The zero-order valence-corrected chi connectivity index (χ0v) is 14.8. The first kappa shape index (κ1) is 18.4. The Morgan fingerprint density at radius 2 is 1.92 bits per heavy atom. The molecule has 1 aromatic rings. The van der Waals surface area contributed by atoms with Gasteiger partial charge in [0.2, 0.25) is 5.91 Å². The summed E-state index contributed by atoms with van der Waals surface area (Å²) in [4.78, 5) is 15.5. The molecule has 0 atom stereocenters. The van der Waals surface area contributed by atoms with Crippen LogP contribution in [0.3, 0.4) is 0 Å². The van der Waals surface area contributed by atoms with E-state index < -0.39 is 18.3 Å². The number of carbonyl (C=O) groups excluding carboxylic acids is 1. The van der Waals surface area contributed by atoms with Gasteiger partial charge in [-0.25, -0.2) is 10.8 Å². The van der Waals surface area contributed by atoms with Crippen LogP contribution in [-0.2, 0) is 14.1 Å². The maximum Gasteiger partial charge on any atom is 0.492 e. The maximum absolute atomic E-state index is 11.3. The Balaban J connectivity index is 2.27. The van der Waals surface area contributed by atoms with Crippen LogP contribution in [0.2, 0.25) is 0 Å². The molecular weight excluding hydrogens is 307 g/mol. The number of aromatic nitrogens is 1. The van der Waals surface area contributed by atoms with Crippen molar-refractivity contribution >= 4 is 24.9 Å². The molecule has 2 heterocycles. The number of nitrogens with zero attached hydrogens (tertiary/aromatic N) is 1. The van der Waals surface area contributed by atoms with Gasteiger partial charge in [0, 0.05) is 19.7 Å². The van der Waals surface area contributed by atoms with Crippen molar-refractivity contribution in [2.75, 3.05) is 12.0 Å². The molecule has 4 N–H and O–H groups in total. The Morgan fingerprint density at radius 1 is 1.29 bits per heavy atom. The number of hydrogen-bond donors (Lipinski definition) is 3. The number of amides is 1. The van der Waals surface area contributed by atoms with E-state index in [1.54, 1.807) is 12.3 Å². The first-order valence-corrected chi connectivity index (χ1v) is 7.88. The van der Waals surface area contributed by atoms with E-state index in [0.29, 0.717) is 12.4 Å². The zero-order chi connectivity index (χ0) is 18.0. The van der Waals surface area contributed by atoms with Gasteiger partial charge in [-0.3, -0.25) is 4.79 Å². The molecule has 130 valence electrons. The minimum Gasteiger partial charge on any atom is -0.400 e. The van der Waals surface area contributed by atoms with Crippen LogP contribution in [0.4, 0.5) is 5.82 Å². The summed E-state index contributed by atoms with van der Waals surface area (Å²) in [5.74, 6) is 5.79. The second-order valence-electron chi connectivity index (χ2n) is 6.84. The Kier molecular flexibility index (Phi) is 5.32. The molecule has 1 aliphatic heterocycles. The Morgan fingerprint density at radius 3 is 2.38 bits per heavy atom. The lowest BCUT2D eigenvalue weighted by Gasteiger charge is -2.32. The molecule has 1 aliphatic rings. The third kappa shape index (κ3) is 4.14. The van der Waals surface area contributed by atoms with Gasteiger partial charge >= 0.3 is 7.12 Å². The predicted molar refractivity (Wildman–Crippen MR) is 94.8 cm³/mol. The molecule has 1 amide bonds. The summed E-state index contributed by atoms with van der Waals surface area (Å²) in [5.41, 5.74) is 3.28. The normalized spacial score (nSPS) is 19.2. The van der Waals surface area contributed by atoms with Gasteiger partial charge in [0.15, 0.2) is 0 Å². The molecule has 1 aromatic heterocycles. The van der Waals surface area contributed by atoms with Crippen LogP contribution in [0.1, 0.15) is 40.2 Å². The van der Waals surface area contributed by atoms with Crippen molar-refractivity contribution in [2.24, 2.45) is 5.84 Å². The van der Waals surface area contributed by atoms with Crippen molar-refractivity contribution in [3.63, 3.8) is 0 Å². The van der Waals surface area contributed by atoms with E-state index in [4.69, 9.17) is 15.2 Å². The highest BCUT2D eigenvalue weighted by molar-refractivity contribution is 6.56. The third-order valence-corrected chi connectivity index (χ3v) is 4.38. The van der Waals surface area contributed by atoms with Crippen LogP contribution in [0.5, 0.6) is 0 Å². The van der Waals surface area contributed by atoms with Crippen LogP contribution in [-0.4, -0.2) is 35.8 Å². The maximum atomic E-state index is 11.3. The number of pyridine rings is 1. The Bertz CT molecular complexity index is 613. The van der Waals surface area contributed by atoms with E-state index in [1.165, 1.54) is 6.92 Å². The minimum absolute atomic E-state index is 0.113. The minimum atomic E-state index is -0.533. The smallest absolute Gasteiger partial charge is 0.400 e. The number of nitrogens with one attached hydrogen (secondary N) is 2. The van der Waals surface area contributed by atoms with Gasteiger partial charge in [0.25, 0.3) is 0 Å². The van der Waals surface area contributed by atoms with Crippen LogP contribution >= 0.6 is 0 Å². The molecule has 0 unspecified atom stereocenters. The average molecular weight is 332 g/mol. The van der Waals surface area contributed by atoms with Gasteiger partial charge < -0.3 is 20.1 Å². The summed E-state index contributed by atoms with van der Waals surface area (Å²) in [6.07, 6.45) is 3.60. The average Bonchev–Trinajstić information content (AvgIpc) is 2.72. The molecule has 0 saturated carbocycles. The van der Waals surface area contributed by atoms with Gasteiger partial charge in [0.1, 0.15) is 5.82 Å². The summed E-state index contributed by atoms with van der Waals surface area (Å²) in [6.45, 7) is 9.78. The Labute approximate surface area is 143 Å². The number of rotatable bonds is 5. The quantitative estimate of drug-likeness (QED) is 0.430. The molecule has 24 heavy (non-hydrogen) atoms. The molecule has 0 aromatic carbocycles. The van der Waals surface area contributed by atoms with Crippen LogP contribution < -0.4 is 16.6 Å². The predicted octanol–water partition coefficient (Wildman–Crippen LogP) is 1.52. The molecule has 1 saturated heterocycles. The second-order valence-corrected chi connectivity index (χ2v) is 6.84. The van der Waals surface area contributed by atoms with Gasteiger partial charge in [0.05, 0.1) is 11.2 Å². The summed E-state index contributed by atoms with van der Waals surface area (Å²) in [5, 5.41) is 2.80. The van der Waals surface area contributed by atoms with Gasteiger partial charge in [-0.05, 0) is 50.9 Å². The van der Waals surface area contributed by atoms with Crippen molar-refractivity contribution in [1.82, 2.24) is 10.3 Å². The van der Waals surface area contributed by atoms with Gasteiger partial charge in [-0.15, -0.1) is 0 Å². The fourth-order valence-electron chi connectivity index (χ4n) is 2.21. The largest absolute Gasteiger partial charge is 0.492 e. The van der Waals surface area contributed by atoms with Crippen LogP contribution in [0, 0.1) is 0 Å². The lowest BCUT2D eigenvalue weighted by atomic mass is 9.77. The highest BCUT2D eigenvalue weighted by Gasteiger charge is 2.52. The lowest BCUT2D eigenvalue weighted by Crippen LogP contribution is -2.41. The lowest BCUT2D eigenvalue weighted by molar-refractivity contribution is -0.118.